The van der Waals surface area contributed by atoms with E-state index in [2.05, 4.69) is 24.1 Å². The highest BCUT2D eigenvalue weighted by molar-refractivity contribution is 6.07. The predicted octanol–water partition coefficient (Wildman–Crippen LogP) is 3.66. The summed E-state index contributed by atoms with van der Waals surface area (Å²) in [5.41, 5.74) is 4.94. The van der Waals surface area contributed by atoms with Crippen molar-refractivity contribution in [3.8, 4) is 0 Å². The molecule has 3 heterocycles. The smallest absolute Gasteiger partial charge is 0.265 e. The summed E-state index contributed by atoms with van der Waals surface area (Å²) < 4.78 is 6.85. The largest absolute Gasteiger partial charge is 0.472 e. The third-order valence-electron chi connectivity index (χ3n) is 6.77. The first kappa shape index (κ1) is 19.8. The number of furan rings is 1. The van der Waals surface area contributed by atoms with E-state index in [1.807, 2.05) is 37.1 Å². The zero-order chi connectivity index (χ0) is 21.7. The molecule has 1 aliphatic carbocycles. The number of likely N-dealkylation sites (N-methyl/N-ethyl adjacent to an activating group) is 1. The van der Waals surface area contributed by atoms with Crippen molar-refractivity contribution >= 4 is 28.3 Å². The molecule has 0 spiro atoms. The maximum atomic E-state index is 13.1. The van der Waals surface area contributed by atoms with Crippen molar-refractivity contribution in [1.82, 2.24) is 14.4 Å². The fourth-order valence-electron chi connectivity index (χ4n) is 5.17. The molecule has 6 nitrogen and oxygen atoms in total. The molecule has 2 aromatic heterocycles. The van der Waals surface area contributed by atoms with Crippen molar-refractivity contribution < 1.29 is 14.0 Å². The number of rotatable bonds is 4. The first-order valence-corrected chi connectivity index (χ1v) is 10.9. The highest BCUT2D eigenvalue weighted by atomic mass is 16.3. The summed E-state index contributed by atoms with van der Waals surface area (Å²) >= 11 is 0. The maximum Gasteiger partial charge on any atom is 0.265 e. The summed E-state index contributed by atoms with van der Waals surface area (Å²) in [6.07, 6.45) is 7.98. The average Bonchev–Trinajstić information content (AvgIpc) is 3.44. The topological polar surface area (TPSA) is 58.7 Å². The summed E-state index contributed by atoms with van der Waals surface area (Å²) in [5, 5.41) is 1.12. The van der Waals surface area contributed by atoms with Crippen LogP contribution in [-0.4, -0.2) is 58.9 Å². The van der Waals surface area contributed by atoms with Gasteiger partial charge >= 0.3 is 0 Å². The van der Waals surface area contributed by atoms with Gasteiger partial charge in [0.25, 0.3) is 5.91 Å². The molecule has 3 aromatic rings. The molecule has 0 bridgehead atoms. The van der Waals surface area contributed by atoms with Gasteiger partial charge in [-0.15, -0.1) is 0 Å². The predicted molar refractivity (Wildman–Crippen MR) is 120 cm³/mol. The Kier molecular flexibility index (Phi) is 4.82. The zero-order valence-electron chi connectivity index (χ0n) is 18.2. The van der Waals surface area contributed by atoms with E-state index in [1.54, 1.807) is 10.6 Å². The summed E-state index contributed by atoms with van der Waals surface area (Å²) in [4.78, 5) is 30.4. The molecule has 1 aromatic carbocycles. The first-order chi connectivity index (χ1) is 15.0. The molecule has 1 amide bonds. The van der Waals surface area contributed by atoms with E-state index in [-0.39, 0.29) is 23.8 Å². The molecule has 2 atom stereocenters. The molecule has 0 fully saturated rings. The Morgan fingerprint density at radius 3 is 2.71 bits per heavy atom. The maximum absolute atomic E-state index is 13.1. The molecule has 5 rings (SSSR count). The Balaban J connectivity index is 1.62. The summed E-state index contributed by atoms with van der Waals surface area (Å²) in [5.74, 6) is -0.0555. The van der Waals surface area contributed by atoms with E-state index in [9.17, 15) is 9.59 Å². The number of nitrogens with zero attached hydrogens (tertiary/aromatic N) is 3. The molecular weight excluding hydrogens is 390 g/mol. The lowest BCUT2D eigenvalue weighted by molar-refractivity contribution is -0.134. The fraction of sp³-hybridized carbons (Fsp3) is 0.360. The van der Waals surface area contributed by atoms with Crippen molar-refractivity contribution in [2.45, 2.75) is 26.3 Å². The number of carbonyl (C=O) groups excluding carboxylic acids is 2. The van der Waals surface area contributed by atoms with Gasteiger partial charge in [-0.25, -0.2) is 0 Å². The van der Waals surface area contributed by atoms with Gasteiger partial charge in [0.15, 0.2) is 0 Å². The lowest BCUT2D eigenvalue weighted by atomic mass is 9.79. The van der Waals surface area contributed by atoms with Gasteiger partial charge in [-0.3, -0.25) is 19.1 Å². The molecule has 31 heavy (non-hydrogen) atoms. The molecule has 2 aliphatic rings. The highest BCUT2D eigenvalue weighted by Crippen LogP contribution is 2.42. The molecule has 0 saturated heterocycles. The van der Waals surface area contributed by atoms with E-state index in [1.165, 1.54) is 23.7 Å². The second kappa shape index (κ2) is 7.54. The number of aromatic nitrogens is 1. The van der Waals surface area contributed by atoms with Gasteiger partial charge < -0.3 is 9.32 Å². The normalized spacial score (nSPS) is 20.4. The Hall–Kier alpha value is -3.12. The van der Waals surface area contributed by atoms with Gasteiger partial charge in [0.05, 0.1) is 23.3 Å². The lowest BCUT2D eigenvalue weighted by Gasteiger charge is -2.40. The van der Waals surface area contributed by atoms with Gasteiger partial charge in [0.1, 0.15) is 6.26 Å². The van der Waals surface area contributed by atoms with Crippen molar-refractivity contribution in [3.05, 3.63) is 65.8 Å². The number of fused-ring (bicyclic) bond motifs is 2. The first-order valence-electron chi connectivity index (χ1n) is 10.9. The molecule has 0 unspecified atom stereocenters. The molecule has 0 radical (unpaired) electrons. The Morgan fingerprint density at radius 2 is 2.00 bits per heavy atom. The van der Waals surface area contributed by atoms with Crippen LogP contribution in [0.2, 0.25) is 0 Å². The minimum absolute atomic E-state index is 0.0936. The van der Waals surface area contributed by atoms with Crippen LogP contribution >= 0.6 is 0 Å². The number of benzene rings is 1. The van der Waals surface area contributed by atoms with E-state index >= 15 is 0 Å². The van der Waals surface area contributed by atoms with Crippen LogP contribution in [0.5, 0.6) is 0 Å². The van der Waals surface area contributed by atoms with E-state index in [0.29, 0.717) is 12.1 Å². The van der Waals surface area contributed by atoms with Gasteiger partial charge in [0, 0.05) is 37.3 Å². The number of carbonyl (C=O) groups is 2. The van der Waals surface area contributed by atoms with Crippen LogP contribution in [0.1, 0.15) is 35.3 Å². The van der Waals surface area contributed by atoms with Gasteiger partial charge in [-0.2, -0.15) is 0 Å². The minimum atomic E-state index is -0.150. The van der Waals surface area contributed by atoms with E-state index < -0.39 is 0 Å². The number of hydrogen-bond acceptors (Lipinski definition) is 4. The quantitative estimate of drug-likeness (QED) is 0.650. The molecule has 1 aliphatic heterocycles. The Labute approximate surface area is 181 Å². The summed E-state index contributed by atoms with van der Waals surface area (Å²) in [6.45, 7) is 6.21. The monoisotopic (exact) mass is 417 g/mol. The minimum Gasteiger partial charge on any atom is -0.472 e. The van der Waals surface area contributed by atoms with Crippen molar-refractivity contribution in [2.24, 2.45) is 5.92 Å². The fourth-order valence-corrected chi connectivity index (χ4v) is 5.17. The molecular formula is C25H27N3O3. The zero-order valence-corrected chi connectivity index (χ0v) is 18.2. The molecule has 0 N–H and O–H groups in total. The molecule has 6 heteroatoms. The number of hydrogen-bond donors (Lipinski definition) is 0. The average molecular weight is 418 g/mol. The van der Waals surface area contributed by atoms with Crippen LogP contribution in [-0.2, 0) is 11.2 Å². The van der Waals surface area contributed by atoms with Crippen LogP contribution in [0.25, 0.3) is 16.5 Å². The van der Waals surface area contributed by atoms with Crippen LogP contribution in [0.15, 0.2) is 53.5 Å². The second-order valence-electron chi connectivity index (χ2n) is 8.44. The van der Waals surface area contributed by atoms with Crippen LogP contribution in [0.4, 0.5) is 0 Å². The third-order valence-corrected chi connectivity index (χ3v) is 6.77. The van der Waals surface area contributed by atoms with Gasteiger partial charge in [-0.1, -0.05) is 18.2 Å². The van der Waals surface area contributed by atoms with Crippen molar-refractivity contribution in [3.63, 3.8) is 0 Å². The van der Waals surface area contributed by atoms with Gasteiger partial charge in [-0.05, 0) is 56.1 Å². The van der Waals surface area contributed by atoms with Crippen LogP contribution in [0.3, 0.4) is 0 Å². The second-order valence-corrected chi connectivity index (χ2v) is 8.44. The van der Waals surface area contributed by atoms with E-state index in [4.69, 9.17) is 4.42 Å². The summed E-state index contributed by atoms with van der Waals surface area (Å²) in [6, 6.07) is 8.01. The Bertz CT molecular complexity index is 1180. The highest BCUT2D eigenvalue weighted by Gasteiger charge is 2.37. The summed E-state index contributed by atoms with van der Waals surface area (Å²) in [7, 11) is 2.10. The van der Waals surface area contributed by atoms with E-state index in [0.717, 1.165) is 36.0 Å². The van der Waals surface area contributed by atoms with Crippen LogP contribution in [0, 0.1) is 5.92 Å². The molecule has 160 valence electrons. The number of amides is 1. The third kappa shape index (κ3) is 3.05. The van der Waals surface area contributed by atoms with Crippen molar-refractivity contribution in [2.75, 3.05) is 26.7 Å². The molecule has 0 saturated carbocycles. The van der Waals surface area contributed by atoms with Crippen LogP contribution < -0.4 is 0 Å². The van der Waals surface area contributed by atoms with Gasteiger partial charge in [0.2, 0.25) is 5.91 Å². The SMILES string of the molecule is CCN(CC)C(=O)[C@@H]1C=C2c3cccc4c3c(cn4C(=O)c3ccoc3)C[C@H]2N(C)C1. The van der Waals surface area contributed by atoms with Crippen molar-refractivity contribution in [1.29, 1.82) is 0 Å². The Morgan fingerprint density at radius 1 is 1.19 bits per heavy atom. The standard InChI is InChI=1S/C25H27N3O3/c1-4-27(5-2)24(29)18-11-20-19-7-6-8-21-23(19)17(12-22(20)26(3)13-18)14-28(21)25(30)16-9-10-31-15-16/h6-11,14-15,18,22H,4-5,12-13H2,1-3H3/t18-,22-/m1/s1. The lowest BCUT2D eigenvalue weighted by Crippen LogP contribution is -2.47.